The maximum atomic E-state index is 14.1. The second-order valence-electron chi connectivity index (χ2n) is 10.0. The highest BCUT2D eigenvalue weighted by Crippen LogP contribution is 2.61. The lowest BCUT2D eigenvalue weighted by atomic mass is 9.70. The molecule has 0 saturated carbocycles. The van der Waals surface area contributed by atoms with E-state index in [9.17, 15) is 19.5 Å². The van der Waals surface area contributed by atoms with Crippen LogP contribution in [0, 0.1) is 11.8 Å². The predicted octanol–water partition coefficient (Wildman–Crippen LogP) is 0.480. The highest BCUT2D eigenvalue weighted by molar-refractivity contribution is 9.09. The molecule has 2 N–H and O–H groups in total. The molecule has 4 aliphatic heterocycles. The van der Waals surface area contributed by atoms with E-state index in [0.717, 1.165) is 13.1 Å². The van der Waals surface area contributed by atoms with Gasteiger partial charge >= 0.3 is 5.97 Å². The number of esters is 1. The lowest BCUT2D eigenvalue weighted by Gasteiger charge is -2.37. The van der Waals surface area contributed by atoms with Gasteiger partial charge < -0.3 is 29.5 Å². The summed E-state index contributed by atoms with van der Waals surface area (Å²) in [4.78, 5) is 44.5. The van der Waals surface area contributed by atoms with Crippen molar-refractivity contribution >= 4 is 33.7 Å². The molecule has 7 atom stereocenters. The number of nitrogens with one attached hydrogen (secondary N) is 1. The Morgan fingerprint density at radius 2 is 2.00 bits per heavy atom. The number of ether oxygens (including phenoxy) is 3. The first kappa shape index (κ1) is 26.6. The Bertz CT molecular complexity index is 1010. The molecule has 1 aromatic rings. The normalized spacial score (nSPS) is 33.9. The number of hydrogen-bond donors (Lipinski definition) is 2. The number of amides is 2. The molecule has 1 aromatic carbocycles. The van der Waals surface area contributed by atoms with E-state index in [1.54, 1.807) is 6.92 Å². The molecule has 4 fully saturated rings. The summed E-state index contributed by atoms with van der Waals surface area (Å²) in [7, 11) is 0. The quantitative estimate of drug-likeness (QED) is 0.320. The molecule has 4 saturated heterocycles. The molecule has 2 bridgehead atoms. The Morgan fingerprint density at radius 3 is 2.68 bits per heavy atom. The zero-order valence-electron chi connectivity index (χ0n) is 20.9. The van der Waals surface area contributed by atoms with Gasteiger partial charge in [0.05, 0.1) is 50.4 Å². The maximum Gasteiger partial charge on any atom is 0.312 e. The van der Waals surface area contributed by atoms with E-state index in [4.69, 9.17) is 14.2 Å². The van der Waals surface area contributed by atoms with Gasteiger partial charge in [-0.25, -0.2) is 0 Å². The van der Waals surface area contributed by atoms with Crippen molar-refractivity contribution in [2.75, 3.05) is 52.6 Å². The lowest BCUT2D eigenvalue weighted by molar-refractivity contribution is -0.155. The summed E-state index contributed by atoms with van der Waals surface area (Å²) in [5.41, 5.74) is -0.489. The minimum absolute atomic E-state index is 0.182. The van der Waals surface area contributed by atoms with Crippen molar-refractivity contribution < 1.29 is 33.7 Å². The molecule has 202 valence electrons. The van der Waals surface area contributed by atoms with Crippen LogP contribution in [0.3, 0.4) is 0 Å². The van der Waals surface area contributed by atoms with Crippen LogP contribution in [-0.4, -0.2) is 108 Å². The van der Waals surface area contributed by atoms with Crippen LogP contribution in [0.15, 0.2) is 30.3 Å². The number of morpholine rings is 1. The van der Waals surface area contributed by atoms with Gasteiger partial charge in [-0.05, 0) is 18.9 Å². The Kier molecular flexibility index (Phi) is 7.88. The molecule has 10 nitrogen and oxygen atoms in total. The number of carbonyl (C=O) groups excluding carboxylic acids is 3. The number of aliphatic hydroxyl groups is 1. The topological polar surface area (TPSA) is 118 Å². The third-order valence-electron chi connectivity index (χ3n) is 8.06. The van der Waals surface area contributed by atoms with Gasteiger partial charge in [-0.15, -0.1) is 0 Å². The van der Waals surface area contributed by atoms with E-state index >= 15 is 0 Å². The van der Waals surface area contributed by atoms with Crippen molar-refractivity contribution in [2.45, 2.75) is 42.0 Å². The highest BCUT2D eigenvalue weighted by atomic mass is 79.9. The van der Waals surface area contributed by atoms with Gasteiger partial charge in [0.15, 0.2) is 0 Å². The SMILES string of the molecule is CCOC(=O)[C@@H]1[C@H]2O[C@@]3(CC2Br)[C@H](C(=O)NCCN2CCOCC2)N([C@H](CO)c2ccccc2)C(=O)[C@@H]13. The van der Waals surface area contributed by atoms with E-state index in [2.05, 4.69) is 26.1 Å². The van der Waals surface area contributed by atoms with Crippen LogP contribution in [0.4, 0.5) is 0 Å². The lowest BCUT2D eigenvalue weighted by Crippen LogP contribution is -2.57. The first-order valence-corrected chi connectivity index (χ1v) is 13.9. The first-order chi connectivity index (χ1) is 17.9. The molecule has 1 spiro atoms. The molecule has 4 heterocycles. The van der Waals surface area contributed by atoms with Crippen molar-refractivity contribution in [3.05, 3.63) is 35.9 Å². The van der Waals surface area contributed by atoms with E-state index in [1.807, 2.05) is 30.3 Å². The van der Waals surface area contributed by atoms with Gasteiger partial charge in [-0.1, -0.05) is 46.3 Å². The summed E-state index contributed by atoms with van der Waals surface area (Å²) in [5.74, 6) is -2.89. The fraction of sp³-hybridized carbons (Fsp3) is 0.654. The minimum Gasteiger partial charge on any atom is -0.466 e. The number of aliphatic hydroxyl groups excluding tert-OH is 1. The number of likely N-dealkylation sites (tertiary alicyclic amines) is 1. The van der Waals surface area contributed by atoms with Crippen LogP contribution >= 0.6 is 15.9 Å². The molecule has 4 aliphatic rings. The molecule has 11 heteroatoms. The Balaban J connectivity index is 1.47. The fourth-order valence-electron chi connectivity index (χ4n) is 6.50. The molecule has 0 aliphatic carbocycles. The average molecular weight is 580 g/mol. The Hall–Kier alpha value is -2.05. The van der Waals surface area contributed by atoms with Crippen molar-refractivity contribution in [3.63, 3.8) is 0 Å². The summed E-state index contributed by atoms with van der Waals surface area (Å²) in [5, 5.41) is 13.5. The summed E-state index contributed by atoms with van der Waals surface area (Å²) in [6.45, 7) is 5.51. The molecule has 0 radical (unpaired) electrons. The van der Waals surface area contributed by atoms with Crippen LogP contribution < -0.4 is 5.32 Å². The monoisotopic (exact) mass is 579 g/mol. The molecule has 2 amide bonds. The first-order valence-electron chi connectivity index (χ1n) is 13.0. The Labute approximate surface area is 224 Å². The van der Waals surface area contributed by atoms with Crippen molar-refractivity contribution in [3.8, 4) is 0 Å². The second-order valence-corrected chi connectivity index (χ2v) is 11.2. The third-order valence-corrected chi connectivity index (χ3v) is 8.90. The van der Waals surface area contributed by atoms with Gasteiger partial charge in [-0.2, -0.15) is 0 Å². The maximum absolute atomic E-state index is 14.1. The molecule has 0 aromatic heterocycles. The standard InChI is InChI=1S/C26H34BrN3O7/c1-2-36-25(34)19-20-24(33)30(18(15-31)16-6-4-3-5-7-16)22(26(20)14-17(27)21(19)37-26)23(32)28-8-9-29-10-12-35-13-11-29/h3-7,17-22,31H,2,8-15H2,1H3,(H,28,32)/t17?,18-,19+,20-,21+,22+,26-/m1/s1. The number of carbonyl (C=O) groups is 3. The van der Waals surface area contributed by atoms with Crippen LogP contribution in [0.5, 0.6) is 0 Å². The summed E-state index contributed by atoms with van der Waals surface area (Å²) < 4.78 is 17.2. The van der Waals surface area contributed by atoms with Crippen molar-refractivity contribution in [2.24, 2.45) is 11.8 Å². The summed E-state index contributed by atoms with van der Waals surface area (Å²) in [6.07, 6.45) is -0.169. The third kappa shape index (κ3) is 4.58. The van der Waals surface area contributed by atoms with E-state index in [-0.39, 0.29) is 29.9 Å². The largest absolute Gasteiger partial charge is 0.466 e. The number of fused-ring (bicyclic) bond motifs is 1. The number of hydrogen-bond acceptors (Lipinski definition) is 8. The van der Waals surface area contributed by atoms with E-state index < -0.39 is 41.6 Å². The van der Waals surface area contributed by atoms with Gasteiger partial charge in [0, 0.05) is 31.0 Å². The molecular formula is C26H34BrN3O7. The van der Waals surface area contributed by atoms with Crippen molar-refractivity contribution in [1.82, 2.24) is 15.1 Å². The zero-order valence-corrected chi connectivity index (χ0v) is 22.5. The zero-order chi connectivity index (χ0) is 26.2. The smallest absolute Gasteiger partial charge is 0.312 e. The second kappa shape index (κ2) is 11.0. The van der Waals surface area contributed by atoms with Crippen molar-refractivity contribution in [1.29, 1.82) is 0 Å². The highest BCUT2D eigenvalue weighted by Gasteiger charge is 2.77. The van der Waals surface area contributed by atoms with Gasteiger partial charge in [-0.3, -0.25) is 19.3 Å². The van der Waals surface area contributed by atoms with Gasteiger partial charge in [0.25, 0.3) is 0 Å². The summed E-state index contributed by atoms with van der Waals surface area (Å²) in [6, 6.07) is 7.38. The minimum atomic E-state index is -1.20. The molecule has 5 rings (SSSR count). The van der Waals surface area contributed by atoms with Crippen LogP contribution in [-0.2, 0) is 28.6 Å². The van der Waals surface area contributed by atoms with E-state index in [0.29, 0.717) is 38.3 Å². The number of rotatable bonds is 9. The predicted molar refractivity (Wildman–Crippen MR) is 136 cm³/mol. The number of nitrogens with zero attached hydrogens (tertiary/aromatic N) is 2. The fourth-order valence-corrected chi connectivity index (χ4v) is 7.44. The van der Waals surface area contributed by atoms with Gasteiger partial charge in [0.1, 0.15) is 11.6 Å². The number of alkyl halides is 1. The summed E-state index contributed by atoms with van der Waals surface area (Å²) >= 11 is 3.64. The van der Waals surface area contributed by atoms with Crippen LogP contribution in [0.1, 0.15) is 24.9 Å². The number of benzene rings is 1. The van der Waals surface area contributed by atoms with E-state index in [1.165, 1.54) is 4.90 Å². The van der Waals surface area contributed by atoms with Crippen LogP contribution in [0.2, 0.25) is 0 Å². The molecular weight excluding hydrogens is 546 g/mol. The molecule has 37 heavy (non-hydrogen) atoms. The van der Waals surface area contributed by atoms with Gasteiger partial charge in [0.2, 0.25) is 11.8 Å². The average Bonchev–Trinajstić information content (AvgIpc) is 3.50. The molecule has 1 unspecified atom stereocenters. The van der Waals surface area contributed by atoms with Crippen LogP contribution in [0.25, 0.3) is 0 Å². The number of halogens is 1. The Morgan fingerprint density at radius 1 is 1.27 bits per heavy atom.